The molecule has 0 aliphatic carbocycles. The van der Waals surface area contributed by atoms with E-state index < -0.39 is 10.0 Å². The minimum Gasteiger partial charge on any atom is -0.300 e. The van der Waals surface area contributed by atoms with Crippen molar-refractivity contribution >= 4 is 31.7 Å². The summed E-state index contributed by atoms with van der Waals surface area (Å²) in [6.45, 7) is 0. The number of nitrogens with zero attached hydrogens (tertiary/aromatic N) is 1. The van der Waals surface area contributed by atoms with Crippen LogP contribution in [0, 0.1) is 0 Å². The number of Topliss-reactive ketones (excluding diaryl/α,β-unsaturated/α-hetero) is 1. The monoisotopic (exact) mass is 295 g/mol. The Morgan fingerprint density at radius 1 is 1.27 bits per heavy atom. The summed E-state index contributed by atoms with van der Waals surface area (Å²) in [6, 6.07) is -0.153. The normalized spacial score (nSPS) is 33.0. The van der Waals surface area contributed by atoms with E-state index in [0.29, 0.717) is 12.8 Å². The van der Waals surface area contributed by atoms with Crippen molar-refractivity contribution in [2.45, 2.75) is 44.2 Å². The van der Waals surface area contributed by atoms with Gasteiger partial charge in [-0.3, -0.25) is 4.79 Å². The zero-order valence-corrected chi connectivity index (χ0v) is 10.8. The van der Waals surface area contributed by atoms with E-state index in [1.807, 2.05) is 0 Å². The van der Waals surface area contributed by atoms with Crippen LogP contribution in [0.25, 0.3) is 0 Å². The summed E-state index contributed by atoms with van der Waals surface area (Å²) < 4.78 is 25.2. The van der Waals surface area contributed by atoms with Crippen molar-refractivity contribution < 1.29 is 13.2 Å². The summed E-state index contributed by atoms with van der Waals surface area (Å²) in [6.07, 6.45) is 3.51. The van der Waals surface area contributed by atoms with Crippen molar-refractivity contribution in [3.05, 3.63) is 0 Å². The number of hydrogen-bond donors (Lipinski definition) is 0. The molecular formula is C9H14BrNO3S. The first-order valence-electron chi connectivity index (χ1n) is 5.13. The van der Waals surface area contributed by atoms with Gasteiger partial charge in [0.15, 0.2) is 0 Å². The van der Waals surface area contributed by atoms with Gasteiger partial charge in [-0.05, 0) is 12.8 Å². The second-order valence-electron chi connectivity index (χ2n) is 4.24. The molecule has 2 unspecified atom stereocenters. The van der Waals surface area contributed by atoms with Crippen LogP contribution in [-0.2, 0) is 14.8 Å². The Morgan fingerprint density at radius 2 is 1.80 bits per heavy atom. The summed E-state index contributed by atoms with van der Waals surface area (Å²) in [5, 5.41) is 0. The van der Waals surface area contributed by atoms with Crippen LogP contribution in [0.1, 0.15) is 32.1 Å². The fraction of sp³-hybridized carbons (Fsp3) is 0.889. The van der Waals surface area contributed by atoms with Crippen molar-refractivity contribution in [2.24, 2.45) is 0 Å². The van der Waals surface area contributed by atoms with Crippen LogP contribution in [0.15, 0.2) is 0 Å². The molecule has 0 aromatic carbocycles. The van der Waals surface area contributed by atoms with Crippen molar-refractivity contribution in [1.82, 2.24) is 4.31 Å². The molecule has 2 rings (SSSR count). The summed E-state index contributed by atoms with van der Waals surface area (Å²) >= 11 is 3.02. The molecule has 0 aromatic rings. The Balaban J connectivity index is 2.29. The highest BCUT2D eigenvalue weighted by Gasteiger charge is 2.43. The molecule has 0 aromatic heterocycles. The summed E-state index contributed by atoms with van der Waals surface area (Å²) in [4.78, 5) is 11.4. The Hall–Kier alpha value is 0.0600. The Labute approximate surface area is 98.2 Å². The molecule has 2 atom stereocenters. The summed E-state index contributed by atoms with van der Waals surface area (Å²) in [5.74, 6) is 0.214. The number of fused-ring (bicyclic) bond motifs is 2. The Kier molecular flexibility index (Phi) is 3.19. The lowest BCUT2D eigenvalue weighted by atomic mass is 9.86. The van der Waals surface area contributed by atoms with Crippen molar-refractivity contribution in [3.63, 3.8) is 0 Å². The molecular weight excluding hydrogens is 282 g/mol. The largest absolute Gasteiger partial charge is 0.300 e. The zero-order chi connectivity index (χ0) is 11.1. The van der Waals surface area contributed by atoms with Crippen molar-refractivity contribution in [1.29, 1.82) is 0 Å². The summed E-state index contributed by atoms with van der Waals surface area (Å²) in [5.41, 5.74) is 0. The Morgan fingerprint density at radius 3 is 2.27 bits per heavy atom. The average Bonchev–Trinajstić information content (AvgIpc) is 2.16. The molecule has 0 spiro atoms. The van der Waals surface area contributed by atoms with Gasteiger partial charge in [0.05, 0.1) is 0 Å². The lowest BCUT2D eigenvalue weighted by Crippen LogP contribution is -2.55. The predicted molar refractivity (Wildman–Crippen MR) is 60.2 cm³/mol. The van der Waals surface area contributed by atoms with Crippen LogP contribution in [-0.4, -0.2) is 35.3 Å². The van der Waals surface area contributed by atoms with Gasteiger partial charge in [0.2, 0.25) is 10.0 Å². The highest BCUT2D eigenvalue weighted by atomic mass is 79.9. The molecule has 2 heterocycles. The third-order valence-electron chi connectivity index (χ3n) is 3.18. The van der Waals surface area contributed by atoms with Gasteiger partial charge in [-0.2, -0.15) is 4.31 Å². The van der Waals surface area contributed by atoms with E-state index >= 15 is 0 Å². The van der Waals surface area contributed by atoms with Crippen molar-refractivity contribution in [3.8, 4) is 0 Å². The molecule has 0 N–H and O–H groups in total. The highest BCUT2D eigenvalue weighted by molar-refractivity contribution is 9.10. The minimum absolute atomic E-state index is 0.0405. The number of sulfonamides is 1. The van der Waals surface area contributed by atoms with Crippen molar-refractivity contribution in [2.75, 3.05) is 4.66 Å². The van der Waals surface area contributed by atoms with Gasteiger partial charge in [-0.1, -0.05) is 22.4 Å². The van der Waals surface area contributed by atoms with E-state index in [-0.39, 0.29) is 22.5 Å². The molecule has 15 heavy (non-hydrogen) atoms. The number of carbonyl (C=O) groups is 1. The molecule has 2 aliphatic rings. The lowest BCUT2D eigenvalue weighted by molar-refractivity contribution is -0.124. The van der Waals surface area contributed by atoms with Gasteiger partial charge < -0.3 is 0 Å². The van der Waals surface area contributed by atoms with Crippen LogP contribution in [0.2, 0.25) is 0 Å². The number of piperidine rings is 2. The number of ketones is 1. The van der Waals surface area contributed by atoms with E-state index in [1.54, 1.807) is 4.31 Å². The molecule has 86 valence electrons. The summed E-state index contributed by atoms with van der Waals surface area (Å²) in [7, 11) is -3.21. The van der Waals surface area contributed by atoms with Gasteiger partial charge in [0, 0.05) is 24.9 Å². The fourth-order valence-electron chi connectivity index (χ4n) is 2.65. The first-order valence-corrected chi connectivity index (χ1v) is 7.86. The number of carbonyl (C=O) groups excluding carboxylic acids is 1. The maximum absolute atomic E-state index is 11.8. The number of halogens is 1. The second kappa shape index (κ2) is 4.14. The smallest absolute Gasteiger partial charge is 0.224 e. The predicted octanol–water partition coefficient (Wildman–Crippen LogP) is 1.25. The van der Waals surface area contributed by atoms with E-state index in [2.05, 4.69) is 15.9 Å². The van der Waals surface area contributed by atoms with Crippen LogP contribution in [0.4, 0.5) is 0 Å². The maximum Gasteiger partial charge on any atom is 0.224 e. The molecule has 2 aliphatic heterocycles. The highest BCUT2D eigenvalue weighted by Crippen LogP contribution is 2.34. The minimum atomic E-state index is -3.21. The lowest BCUT2D eigenvalue weighted by Gasteiger charge is -2.43. The third kappa shape index (κ3) is 2.12. The van der Waals surface area contributed by atoms with Gasteiger partial charge in [0.25, 0.3) is 0 Å². The molecule has 0 amide bonds. The molecule has 0 saturated carbocycles. The SMILES string of the molecule is O=C1CC2CCCC(C1)N2S(=O)(=O)CBr. The zero-order valence-electron chi connectivity index (χ0n) is 8.36. The molecule has 2 saturated heterocycles. The molecule has 0 radical (unpaired) electrons. The van der Waals surface area contributed by atoms with Gasteiger partial charge in [-0.15, -0.1) is 0 Å². The molecule has 2 bridgehead atoms. The van der Waals surface area contributed by atoms with E-state index in [1.165, 1.54) is 0 Å². The van der Waals surface area contributed by atoms with Crippen LogP contribution in [0.3, 0.4) is 0 Å². The first-order chi connectivity index (χ1) is 7.04. The van der Waals surface area contributed by atoms with Crippen LogP contribution in [0.5, 0.6) is 0 Å². The maximum atomic E-state index is 11.8. The number of rotatable bonds is 2. The van der Waals surface area contributed by atoms with Gasteiger partial charge >= 0.3 is 0 Å². The first kappa shape index (κ1) is 11.5. The van der Waals surface area contributed by atoms with Crippen LogP contribution < -0.4 is 0 Å². The second-order valence-corrected chi connectivity index (χ2v) is 7.41. The van der Waals surface area contributed by atoms with E-state index in [0.717, 1.165) is 19.3 Å². The van der Waals surface area contributed by atoms with Gasteiger partial charge in [-0.25, -0.2) is 8.42 Å². The van der Waals surface area contributed by atoms with Gasteiger partial charge in [0.1, 0.15) is 10.4 Å². The fourth-order valence-corrected chi connectivity index (χ4v) is 4.74. The van der Waals surface area contributed by atoms with E-state index in [4.69, 9.17) is 0 Å². The van der Waals surface area contributed by atoms with E-state index in [9.17, 15) is 13.2 Å². The third-order valence-corrected chi connectivity index (χ3v) is 6.43. The standard InChI is InChI=1S/C9H14BrNO3S/c10-6-15(13,14)11-7-2-1-3-8(11)5-9(12)4-7/h7-8H,1-6H2. The molecule has 4 nitrogen and oxygen atoms in total. The number of alkyl halides is 1. The topological polar surface area (TPSA) is 54.5 Å². The van der Waals surface area contributed by atoms with Crippen LogP contribution >= 0.6 is 15.9 Å². The molecule has 6 heteroatoms. The molecule has 2 fully saturated rings. The Bertz CT molecular complexity index is 352. The average molecular weight is 296 g/mol. The number of hydrogen-bond acceptors (Lipinski definition) is 3. The quantitative estimate of drug-likeness (QED) is 0.721.